The van der Waals surface area contributed by atoms with Gasteiger partial charge in [0.05, 0.1) is 0 Å². The molecule has 0 aromatic rings. The third kappa shape index (κ3) is 2.46. The van der Waals surface area contributed by atoms with Crippen LogP contribution in [-0.2, 0) is 4.79 Å². The van der Waals surface area contributed by atoms with E-state index in [-0.39, 0.29) is 11.9 Å². The molecule has 4 nitrogen and oxygen atoms in total. The van der Waals surface area contributed by atoms with Crippen molar-refractivity contribution < 1.29 is 4.79 Å². The lowest BCUT2D eigenvalue weighted by Gasteiger charge is -2.17. The van der Waals surface area contributed by atoms with Crippen LogP contribution in [0.25, 0.3) is 0 Å². The van der Waals surface area contributed by atoms with Gasteiger partial charge in [-0.2, -0.15) is 0 Å². The molecule has 4 N–H and O–H groups in total. The van der Waals surface area contributed by atoms with Crippen LogP contribution in [0.3, 0.4) is 0 Å². The molecule has 1 aliphatic heterocycles. The third-order valence-corrected chi connectivity index (χ3v) is 2.47. The molecule has 1 rings (SSSR count). The number of primary amides is 1. The van der Waals surface area contributed by atoms with Crippen LogP contribution in [0.4, 0.5) is 0 Å². The minimum absolute atomic E-state index is 0.0487. The Bertz CT molecular complexity index is 172. The topological polar surface area (TPSA) is 72.3 Å². The Labute approximate surface area is 72.9 Å². The van der Waals surface area contributed by atoms with E-state index < -0.39 is 0 Å². The highest BCUT2D eigenvalue weighted by molar-refractivity contribution is 5.74. The first-order chi connectivity index (χ1) is 5.59. The van der Waals surface area contributed by atoms with Gasteiger partial charge in [0.2, 0.25) is 5.91 Å². The molecule has 1 aliphatic rings. The van der Waals surface area contributed by atoms with Crippen molar-refractivity contribution in [2.75, 3.05) is 20.1 Å². The van der Waals surface area contributed by atoms with Crippen LogP contribution in [-0.4, -0.2) is 37.0 Å². The summed E-state index contributed by atoms with van der Waals surface area (Å²) >= 11 is 0. The molecule has 1 amide bonds. The lowest BCUT2D eigenvalue weighted by atomic mass is 9.97. The average molecular weight is 171 g/mol. The maximum atomic E-state index is 10.6. The molecule has 1 fully saturated rings. The van der Waals surface area contributed by atoms with Crippen LogP contribution in [0.2, 0.25) is 0 Å². The third-order valence-electron chi connectivity index (χ3n) is 2.47. The van der Waals surface area contributed by atoms with E-state index >= 15 is 0 Å². The Morgan fingerprint density at radius 1 is 1.75 bits per heavy atom. The summed E-state index contributed by atoms with van der Waals surface area (Å²) in [7, 11) is 2.07. The average Bonchev–Trinajstić information content (AvgIpc) is 2.34. The fourth-order valence-corrected chi connectivity index (χ4v) is 1.72. The summed E-state index contributed by atoms with van der Waals surface area (Å²) in [6.07, 6.45) is 1.41. The van der Waals surface area contributed by atoms with E-state index in [1.54, 1.807) is 0 Å². The van der Waals surface area contributed by atoms with Crippen LogP contribution >= 0.6 is 0 Å². The molecule has 0 aliphatic carbocycles. The second-order valence-electron chi connectivity index (χ2n) is 3.65. The minimum atomic E-state index is -0.294. The monoisotopic (exact) mass is 171 g/mol. The van der Waals surface area contributed by atoms with E-state index in [1.165, 1.54) is 0 Å². The van der Waals surface area contributed by atoms with E-state index in [2.05, 4.69) is 11.9 Å². The maximum absolute atomic E-state index is 10.6. The molecule has 2 atom stereocenters. The summed E-state index contributed by atoms with van der Waals surface area (Å²) in [5.74, 6) is 0.152. The molecule has 0 saturated carbocycles. The Morgan fingerprint density at radius 2 is 2.42 bits per heavy atom. The number of hydrogen-bond acceptors (Lipinski definition) is 3. The first-order valence-electron chi connectivity index (χ1n) is 4.32. The van der Waals surface area contributed by atoms with Gasteiger partial charge in [-0.25, -0.2) is 0 Å². The van der Waals surface area contributed by atoms with Crippen molar-refractivity contribution in [3.05, 3.63) is 0 Å². The van der Waals surface area contributed by atoms with Gasteiger partial charge in [0.25, 0.3) is 0 Å². The van der Waals surface area contributed by atoms with Crippen molar-refractivity contribution in [2.24, 2.45) is 17.4 Å². The van der Waals surface area contributed by atoms with Gasteiger partial charge in [-0.3, -0.25) is 4.79 Å². The van der Waals surface area contributed by atoms with Crippen molar-refractivity contribution in [3.63, 3.8) is 0 Å². The summed E-state index contributed by atoms with van der Waals surface area (Å²) in [4.78, 5) is 12.8. The Balaban J connectivity index is 2.32. The zero-order valence-electron chi connectivity index (χ0n) is 7.49. The standard InChI is InChI=1S/C8H17N3O/c1-11-3-2-6(5-11)7(9)4-8(10)12/h6-7H,2-5,9H2,1H3,(H2,10,12). The normalized spacial score (nSPS) is 27.3. The number of amides is 1. The van der Waals surface area contributed by atoms with Crippen molar-refractivity contribution >= 4 is 5.91 Å². The summed E-state index contributed by atoms with van der Waals surface area (Å²) < 4.78 is 0. The van der Waals surface area contributed by atoms with Gasteiger partial charge in [-0.1, -0.05) is 0 Å². The van der Waals surface area contributed by atoms with Crippen molar-refractivity contribution in [1.82, 2.24) is 4.90 Å². The summed E-state index contributed by atoms with van der Waals surface area (Å²) in [5, 5.41) is 0. The van der Waals surface area contributed by atoms with E-state index in [0.29, 0.717) is 12.3 Å². The molecule has 4 heteroatoms. The van der Waals surface area contributed by atoms with Gasteiger partial charge in [0, 0.05) is 19.0 Å². The lowest BCUT2D eigenvalue weighted by molar-refractivity contribution is -0.118. The number of nitrogens with two attached hydrogens (primary N) is 2. The predicted molar refractivity (Wildman–Crippen MR) is 47.4 cm³/mol. The summed E-state index contributed by atoms with van der Waals surface area (Å²) in [5.41, 5.74) is 10.9. The molecule has 70 valence electrons. The molecule has 0 radical (unpaired) electrons. The Morgan fingerprint density at radius 3 is 2.83 bits per heavy atom. The van der Waals surface area contributed by atoms with Crippen LogP contribution in [0, 0.1) is 5.92 Å². The number of hydrogen-bond donors (Lipinski definition) is 2. The Hall–Kier alpha value is -0.610. The minimum Gasteiger partial charge on any atom is -0.370 e. The number of carbonyl (C=O) groups is 1. The highest BCUT2D eigenvalue weighted by Crippen LogP contribution is 2.18. The molecule has 0 aromatic carbocycles. The molecule has 0 bridgehead atoms. The number of nitrogens with zero attached hydrogens (tertiary/aromatic N) is 1. The van der Waals surface area contributed by atoms with Crippen LogP contribution < -0.4 is 11.5 Å². The van der Waals surface area contributed by atoms with Crippen molar-refractivity contribution in [2.45, 2.75) is 18.9 Å². The van der Waals surface area contributed by atoms with Gasteiger partial charge < -0.3 is 16.4 Å². The fourth-order valence-electron chi connectivity index (χ4n) is 1.72. The second kappa shape index (κ2) is 3.87. The van der Waals surface area contributed by atoms with Gasteiger partial charge in [0.15, 0.2) is 0 Å². The highest BCUT2D eigenvalue weighted by Gasteiger charge is 2.25. The van der Waals surface area contributed by atoms with Crippen molar-refractivity contribution in [3.8, 4) is 0 Å². The van der Waals surface area contributed by atoms with Crippen molar-refractivity contribution in [1.29, 1.82) is 0 Å². The van der Waals surface area contributed by atoms with E-state index in [4.69, 9.17) is 11.5 Å². The number of rotatable bonds is 3. The smallest absolute Gasteiger partial charge is 0.218 e. The zero-order chi connectivity index (χ0) is 9.14. The SMILES string of the molecule is CN1CCC(C(N)CC(N)=O)C1. The second-order valence-corrected chi connectivity index (χ2v) is 3.65. The van der Waals surface area contributed by atoms with Crippen LogP contribution in [0.15, 0.2) is 0 Å². The zero-order valence-corrected chi connectivity index (χ0v) is 7.49. The molecular weight excluding hydrogens is 154 g/mol. The van der Waals surface area contributed by atoms with E-state index in [1.807, 2.05) is 0 Å². The largest absolute Gasteiger partial charge is 0.370 e. The highest BCUT2D eigenvalue weighted by atomic mass is 16.1. The molecular formula is C8H17N3O. The molecule has 0 spiro atoms. The van der Waals surface area contributed by atoms with E-state index in [9.17, 15) is 4.79 Å². The lowest BCUT2D eigenvalue weighted by Crippen LogP contribution is -2.35. The molecule has 1 saturated heterocycles. The molecule has 12 heavy (non-hydrogen) atoms. The Kier molecular flexibility index (Phi) is 3.05. The molecule has 1 heterocycles. The first kappa shape index (κ1) is 9.48. The number of carbonyl (C=O) groups excluding carboxylic acids is 1. The number of likely N-dealkylation sites (tertiary alicyclic amines) is 1. The quantitative estimate of drug-likeness (QED) is 0.580. The van der Waals surface area contributed by atoms with E-state index in [0.717, 1.165) is 19.5 Å². The van der Waals surface area contributed by atoms with Gasteiger partial charge in [-0.15, -0.1) is 0 Å². The van der Waals surface area contributed by atoms with Crippen LogP contribution in [0.1, 0.15) is 12.8 Å². The van der Waals surface area contributed by atoms with Gasteiger partial charge >= 0.3 is 0 Å². The predicted octanol–water partition coefficient (Wildman–Crippen LogP) is -0.859. The fraction of sp³-hybridized carbons (Fsp3) is 0.875. The first-order valence-corrected chi connectivity index (χ1v) is 4.32. The van der Waals surface area contributed by atoms with Crippen LogP contribution in [0.5, 0.6) is 0 Å². The summed E-state index contributed by atoms with van der Waals surface area (Å²) in [6.45, 7) is 2.07. The maximum Gasteiger partial charge on any atom is 0.218 e. The van der Waals surface area contributed by atoms with Gasteiger partial charge in [-0.05, 0) is 25.9 Å². The molecule has 2 unspecified atom stereocenters. The molecule has 0 aromatic heterocycles. The summed E-state index contributed by atoms with van der Waals surface area (Å²) in [6, 6.07) is -0.0487. The van der Waals surface area contributed by atoms with Gasteiger partial charge in [0.1, 0.15) is 0 Å².